The number of hydrogen-bond acceptors (Lipinski definition) is 4. The van der Waals surface area contributed by atoms with Crippen LogP contribution in [-0.2, 0) is 11.2 Å². The monoisotopic (exact) mass is 375 g/mol. The van der Waals surface area contributed by atoms with Gasteiger partial charge in [0.15, 0.2) is 11.7 Å². The number of amides is 1. The standard InChI is InChI=1S/C20H23F2N3O2/c21-15-1-2-16(17(22)9-15)18-12-24-19(27-18)3-4-20(26)25-7-5-13-10-23-11-14(13)6-8-25/h1-2,9,12-14,23H,3-8,10-11H2/t13-,14+. The topological polar surface area (TPSA) is 58.4 Å². The second-order valence-corrected chi connectivity index (χ2v) is 7.38. The summed E-state index contributed by atoms with van der Waals surface area (Å²) >= 11 is 0. The lowest BCUT2D eigenvalue weighted by molar-refractivity contribution is -0.131. The fraction of sp³-hybridized carbons (Fsp3) is 0.500. The number of halogens is 2. The minimum Gasteiger partial charge on any atom is -0.441 e. The van der Waals surface area contributed by atoms with E-state index in [0.717, 1.165) is 45.1 Å². The molecule has 3 heterocycles. The van der Waals surface area contributed by atoms with Crippen LogP contribution in [0.15, 0.2) is 28.8 Å². The maximum atomic E-state index is 13.8. The molecule has 2 saturated heterocycles. The van der Waals surface area contributed by atoms with Crippen molar-refractivity contribution in [2.24, 2.45) is 11.8 Å². The predicted molar refractivity (Wildman–Crippen MR) is 95.8 cm³/mol. The molecule has 2 aliphatic rings. The molecular weight excluding hydrogens is 352 g/mol. The average Bonchev–Trinajstić information content (AvgIpc) is 3.25. The largest absolute Gasteiger partial charge is 0.441 e. The van der Waals surface area contributed by atoms with Gasteiger partial charge in [0.05, 0.1) is 11.8 Å². The number of nitrogens with zero attached hydrogens (tertiary/aromatic N) is 2. The van der Waals surface area contributed by atoms with Gasteiger partial charge < -0.3 is 14.6 Å². The van der Waals surface area contributed by atoms with Crippen LogP contribution in [-0.4, -0.2) is 42.0 Å². The molecule has 4 rings (SSSR count). The second-order valence-electron chi connectivity index (χ2n) is 7.38. The summed E-state index contributed by atoms with van der Waals surface area (Å²) in [7, 11) is 0. The highest BCUT2D eigenvalue weighted by atomic mass is 19.1. The lowest BCUT2D eigenvalue weighted by Gasteiger charge is -2.20. The zero-order chi connectivity index (χ0) is 18.8. The van der Waals surface area contributed by atoms with E-state index in [2.05, 4.69) is 10.3 Å². The molecule has 0 radical (unpaired) electrons. The molecule has 0 aliphatic carbocycles. The Morgan fingerprint density at radius 3 is 2.67 bits per heavy atom. The first kappa shape index (κ1) is 18.1. The van der Waals surface area contributed by atoms with E-state index in [9.17, 15) is 13.6 Å². The Balaban J connectivity index is 1.33. The zero-order valence-corrected chi connectivity index (χ0v) is 15.1. The summed E-state index contributed by atoms with van der Waals surface area (Å²) in [6.45, 7) is 3.73. The van der Waals surface area contributed by atoms with Crippen molar-refractivity contribution in [3.63, 3.8) is 0 Å². The van der Waals surface area contributed by atoms with E-state index in [-0.39, 0.29) is 17.2 Å². The van der Waals surface area contributed by atoms with E-state index in [4.69, 9.17) is 4.42 Å². The number of oxazole rings is 1. The number of aromatic nitrogens is 1. The number of carbonyl (C=O) groups excluding carboxylic acids is 1. The SMILES string of the molecule is O=C(CCc1ncc(-c2ccc(F)cc2F)o1)N1CC[C@@H]2CNC[C@@H]2CC1. The first-order chi connectivity index (χ1) is 13.1. The van der Waals surface area contributed by atoms with E-state index in [1.54, 1.807) is 0 Å². The van der Waals surface area contributed by atoms with Gasteiger partial charge in [0.1, 0.15) is 11.6 Å². The third-order valence-electron chi connectivity index (χ3n) is 5.67. The van der Waals surface area contributed by atoms with Crippen molar-refractivity contribution < 1.29 is 18.0 Å². The van der Waals surface area contributed by atoms with Gasteiger partial charge in [0.2, 0.25) is 5.91 Å². The Labute approximate surface area is 156 Å². The molecule has 0 bridgehead atoms. The number of aryl methyl sites for hydroxylation is 1. The third-order valence-corrected chi connectivity index (χ3v) is 5.67. The Hall–Kier alpha value is -2.28. The second kappa shape index (κ2) is 7.76. The van der Waals surface area contributed by atoms with Gasteiger partial charge in [-0.25, -0.2) is 13.8 Å². The molecule has 1 aromatic heterocycles. The summed E-state index contributed by atoms with van der Waals surface area (Å²) in [4.78, 5) is 18.6. The molecule has 5 nitrogen and oxygen atoms in total. The molecule has 0 unspecified atom stereocenters. The molecule has 27 heavy (non-hydrogen) atoms. The van der Waals surface area contributed by atoms with Gasteiger partial charge in [-0.2, -0.15) is 0 Å². The Morgan fingerprint density at radius 1 is 1.22 bits per heavy atom. The molecule has 1 N–H and O–H groups in total. The minimum absolute atomic E-state index is 0.107. The Morgan fingerprint density at radius 2 is 1.96 bits per heavy atom. The van der Waals surface area contributed by atoms with Crippen LogP contribution >= 0.6 is 0 Å². The van der Waals surface area contributed by atoms with E-state index in [0.29, 0.717) is 30.6 Å². The van der Waals surface area contributed by atoms with Crippen LogP contribution in [0.4, 0.5) is 8.78 Å². The normalized spacial score (nSPS) is 22.5. The van der Waals surface area contributed by atoms with Gasteiger partial charge in [-0.1, -0.05) is 0 Å². The number of likely N-dealkylation sites (tertiary alicyclic amines) is 1. The number of carbonyl (C=O) groups is 1. The number of nitrogens with one attached hydrogen (secondary N) is 1. The maximum absolute atomic E-state index is 13.8. The van der Waals surface area contributed by atoms with Gasteiger partial charge in [-0.3, -0.25) is 4.79 Å². The summed E-state index contributed by atoms with van der Waals surface area (Å²) in [5.41, 5.74) is 0.161. The van der Waals surface area contributed by atoms with Crippen LogP contribution in [0.1, 0.15) is 25.2 Å². The van der Waals surface area contributed by atoms with Crippen molar-refractivity contribution in [3.8, 4) is 11.3 Å². The van der Waals surface area contributed by atoms with Crippen molar-refractivity contribution in [1.29, 1.82) is 0 Å². The van der Waals surface area contributed by atoms with E-state index in [1.807, 2.05) is 4.90 Å². The van der Waals surface area contributed by atoms with Crippen LogP contribution in [0.3, 0.4) is 0 Å². The number of hydrogen-bond donors (Lipinski definition) is 1. The maximum Gasteiger partial charge on any atom is 0.223 e. The lowest BCUT2D eigenvalue weighted by Crippen LogP contribution is -2.32. The smallest absolute Gasteiger partial charge is 0.223 e. The number of rotatable bonds is 4. The zero-order valence-electron chi connectivity index (χ0n) is 15.1. The molecule has 0 saturated carbocycles. The molecule has 1 amide bonds. The van der Waals surface area contributed by atoms with Crippen LogP contribution < -0.4 is 5.32 Å². The lowest BCUT2D eigenvalue weighted by atomic mass is 9.92. The molecule has 144 valence electrons. The Bertz CT molecular complexity index is 809. The van der Waals surface area contributed by atoms with Crippen LogP contribution in [0.5, 0.6) is 0 Å². The summed E-state index contributed by atoms with van der Waals surface area (Å²) in [6, 6.07) is 3.31. The molecule has 2 fully saturated rings. The van der Waals surface area contributed by atoms with Gasteiger partial charge in [-0.15, -0.1) is 0 Å². The molecule has 2 aliphatic heterocycles. The van der Waals surface area contributed by atoms with E-state index in [1.165, 1.54) is 18.3 Å². The van der Waals surface area contributed by atoms with Crippen molar-refractivity contribution >= 4 is 5.91 Å². The summed E-state index contributed by atoms with van der Waals surface area (Å²) in [6.07, 6.45) is 4.20. The molecule has 1 aromatic carbocycles. The van der Waals surface area contributed by atoms with Gasteiger partial charge in [0, 0.05) is 32.0 Å². The fourth-order valence-corrected chi connectivity index (χ4v) is 4.08. The highest BCUT2D eigenvalue weighted by Gasteiger charge is 2.31. The van der Waals surface area contributed by atoms with E-state index >= 15 is 0 Å². The third kappa shape index (κ3) is 4.03. The van der Waals surface area contributed by atoms with Crippen LogP contribution in [0, 0.1) is 23.5 Å². The predicted octanol–water partition coefficient (Wildman–Crippen LogP) is 3.01. The van der Waals surface area contributed by atoms with Crippen molar-refractivity contribution in [1.82, 2.24) is 15.2 Å². The average molecular weight is 375 g/mol. The molecule has 0 spiro atoms. The van der Waals surface area contributed by atoms with Crippen molar-refractivity contribution in [3.05, 3.63) is 41.9 Å². The molecule has 7 heteroatoms. The van der Waals surface area contributed by atoms with Crippen molar-refractivity contribution in [2.45, 2.75) is 25.7 Å². The fourth-order valence-electron chi connectivity index (χ4n) is 4.08. The molecule has 2 atom stereocenters. The summed E-state index contributed by atoms with van der Waals surface area (Å²) < 4.78 is 32.4. The minimum atomic E-state index is -0.696. The summed E-state index contributed by atoms with van der Waals surface area (Å²) in [5.74, 6) is 0.765. The van der Waals surface area contributed by atoms with E-state index < -0.39 is 11.6 Å². The molecule has 2 aromatic rings. The van der Waals surface area contributed by atoms with Crippen LogP contribution in [0.2, 0.25) is 0 Å². The van der Waals surface area contributed by atoms with Crippen LogP contribution in [0.25, 0.3) is 11.3 Å². The molecular formula is C20H23F2N3O2. The first-order valence-electron chi connectivity index (χ1n) is 9.49. The summed E-state index contributed by atoms with van der Waals surface area (Å²) in [5, 5.41) is 3.43. The highest BCUT2D eigenvalue weighted by Crippen LogP contribution is 2.28. The van der Waals surface area contributed by atoms with Gasteiger partial charge in [0.25, 0.3) is 0 Å². The quantitative estimate of drug-likeness (QED) is 0.893. The highest BCUT2D eigenvalue weighted by molar-refractivity contribution is 5.76. The van der Waals surface area contributed by atoms with Gasteiger partial charge >= 0.3 is 0 Å². The first-order valence-corrected chi connectivity index (χ1v) is 9.49. The van der Waals surface area contributed by atoms with Gasteiger partial charge in [-0.05, 0) is 49.9 Å². The number of benzene rings is 1. The number of fused-ring (bicyclic) bond motifs is 1. The Kier molecular flexibility index (Phi) is 5.20. The van der Waals surface area contributed by atoms with Crippen molar-refractivity contribution in [2.75, 3.05) is 26.2 Å².